The molecule has 0 aliphatic carbocycles. The Kier molecular flexibility index (Phi) is 6.18. The van der Waals surface area contributed by atoms with Crippen LogP contribution in [0.3, 0.4) is 0 Å². The largest absolute Gasteiger partial charge is 0.292 e. The van der Waals surface area contributed by atoms with E-state index in [9.17, 15) is 0 Å². The normalized spacial score (nSPS) is 12.1. The lowest BCUT2D eigenvalue weighted by molar-refractivity contribution is 1.09. The van der Waals surface area contributed by atoms with Crippen molar-refractivity contribution in [3.05, 3.63) is 170 Å². The van der Waals surface area contributed by atoms with Crippen LogP contribution in [0.1, 0.15) is 0 Å². The summed E-state index contributed by atoms with van der Waals surface area (Å²) < 4.78 is 4.78. The number of benzene rings is 7. The molecule has 0 N–H and O–H groups in total. The predicted molar refractivity (Wildman–Crippen MR) is 228 cm³/mol. The molecule has 0 saturated heterocycles. The highest BCUT2D eigenvalue weighted by Crippen LogP contribution is 2.47. The zero-order valence-corrected chi connectivity index (χ0v) is 29.7. The zero-order valence-electron chi connectivity index (χ0n) is 28.9. The van der Waals surface area contributed by atoms with Gasteiger partial charge in [0.05, 0.1) is 38.2 Å². The van der Waals surface area contributed by atoms with Crippen molar-refractivity contribution >= 4 is 96.7 Å². The summed E-state index contributed by atoms with van der Waals surface area (Å²) in [4.78, 5) is 16.0. The maximum Gasteiger partial charge on any atom is 0.138 e. The highest BCUT2D eigenvalue weighted by atomic mass is 32.1. The molecule has 5 heterocycles. The van der Waals surface area contributed by atoms with Gasteiger partial charge in [-0.15, -0.1) is 11.3 Å². The van der Waals surface area contributed by atoms with Gasteiger partial charge in [-0.2, -0.15) is 0 Å². The van der Waals surface area contributed by atoms with Crippen LogP contribution in [0.25, 0.3) is 114 Å². The van der Waals surface area contributed by atoms with E-state index in [0.717, 1.165) is 71.9 Å². The van der Waals surface area contributed by atoms with E-state index in [2.05, 4.69) is 162 Å². The molecule has 0 atom stereocenters. The third-order valence-corrected chi connectivity index (χ3v) is 12.2. The lowest BCUT2D eigenvalue weighted by Crippen LogP contribution is -2.00. The highest BCUT2D eigenvalue weighted by molar-refractivity contribution is 7.27. The number of thiophene rings is 1. The number of hydrogen-bond acceptors (Lipinski definition) is 4. The fourth-order valence-electron chi connectivity index (χ4n) is 8.66. The number of nitrogens with zero attached hydrogens (tertiary/aromatic N) is 4. The predicted octanol–water partition coefficient (Wildman–Crippen LogP) is 13.3. The molecule has 4 nitrogen and oxygen atoms in total. The van der Waals surface area contributed by atoms with Crippen LogP contribution >= 0.6 is 11.3 Å². The number of pyridine rings is 3. The Morgan fingerprint density at radius 2 is 1.09 bits per heavy atom. The second-order valence-corrected chi connectivity index (χ2v) is 15.0. The molecule has 0 aliphatic heterocycles. The molecular formula is C49H28N4S. The van der Waals surface area contributed by atoms with Gasteiger partial charge in [-0.25, -0.2) is 9.97 Å². The average Bonchev–Trinajstić information content (AvgIpc) is 3.80. The lowest BCUT2D eigenvalue weighted by Gasteiger charge is -2.15. The standard InChI is InChI=1S/C49H28N4S/c1-2-13-29(14-3-1)45-32-16-5-4-15-30(32)28-42(51-45)53-39-22-12-26-50-47(39)37-25-24-31(27-40(37)53)46-36-20-9-8-19-35(36)43-33-17-6-7-18-34(33)44-38-21-10-11-23-41(38)54-49(44)48(43)52-46/h1-28H. The maximum absolute atomic E-state index is 5.67. The molecule has 12 rings (SSSR count). The summed E-state index contributed by atoms with van der Waals surface area (Å²) in [5.74, 6) is 0.854. The van der Waals surface area contributed by atoms with E-state index in [1.54, 1.807) is 0 Å². The van der Waals surface area contributed by atoms with Crippen molar-refractivity contribution in [2.24, 2.45) is 0 Å². The molecule has 5 aromatic heterocycles. The minimum absolute atomic E-state index is 0.854. The lowest BCUT2D eigenvalue weighted by atomic mass is 9.94. The van der Waals surface area contributed by atoms with E-state index in [0.29, 0.717) is 0 Å². The van der Waals surface area contributed by atoms with Crippen molar-refractivity contribution in [2.75, 3.05) is 0 Å². The van der Waals surface area contributed by atoms with E-state index in [1.807, 2.05) is 23.6 Å². The minimum Gasteiger partial charge on any atom is -0.292 e. The van der Waals surface area contributed by atoms with E-state index < -0.39 is 0 Å². The summed E-state index contributed by atoms with van der Waals surface area (Å²) in [7, 11) is 0. The van der Waals surface area contributed by atoms with Crippen molar-refractivity contribution in [2.45, 2.75) is 0 Å². The smallest absolute Gasteiger partial charge is 0.138 e. The minimum atomic E-state index is 0.854. The van der Waals surface area contributed by atoms with Crippen molar-refractivity contribution < 1.29 is 0 Å². The van der Waals surface area contributed by atoms with Crippen LogP contribution in [0.15, 0.2) is 170 Å². The fourth-order valence-corrected chi connectivity index (χ4v) is 9.87. The van der Waals surface area contributed by atoms with Gasteiger partial charge < -0.3 is 0 Å². The summed E-state index contributed by atoms with van der Waals surface area (Å²) in [6.45, 7) is 0. The quantitative estimate of drug-likeness (QED) is 0.172. The van der Waals surface area contributed by atoms with Crippen molar-refractivity contribution in [3.8, 4) is 28.3 Å². The molecule has 7 aromatic carbocycles. The monoisotopic (exact) mass is 704 g/mol. The van der Waals surface area contributed by atoms with Crippen LogP contribution in [-0.2, 0) is 0 Å². The van der Waals surface area contributed by atoms with Gasteiger partial charge in [0, 0.05) is 54.3 Å². The molecule has 54 heavy (non-hydrogen) atoms. The second-order valence-electron chi connectivity index (χ2n) is 13.9. The molecule has 0 unspecified atom stereocenters. The molecule has 12 aromatic rings. The van der Waals surface area contributed by atoms with Crippen LogP contribution < -0.4 is 0 Å². The first-order valence-corrected chi connectivity index (χ1v) is 19.0. The molecule has 0 aliphatic rings. The Morgan fingerprint density at radius 3 is 1.93 bits per heavy atom. The molecule has 250 valence electrons. The van der Waals surface area contributed by atoms with Crippen LogP contribution in [0.4, 0.5) is 0 Å². The van der Waals surface area contributed by atoms with E-state index >= 15 is 0 Å². The van der Waals surface area contributed by atoms with Crippen LogP contribution in [-0.4, -0.2) is 19.5 Å². The van der Waals surface area contributed by atoms with Gasteiger partial charge in [0.25, 0.3) is 0 Å². The van der Waals surface area contributed by atoms with Gasteiger partial charge in [0.15, 0.2) is 0 Å². The van der Waals surface area contributed by atoms with Gasteiger partial charge in [0.2, 0.25) is 0 Å². The molecule has 5 heteroatoms. The zero-order chi connectivity index (χ0) is 35.3. The Morgan fingerprint density at radius 1 is 0.426 bits per heavy atom. The molecule has 0 saturated carbocycles. The Labute approximate surface area is 313 Å². The van der Waals surface area contributed by atoms with Gasteiger partial charge in [0.1, 0.15) is 5.82 Å². The van der Waals surface area contributed by atoms with Gasteiger partial charge in [-0.3, -0.25) is 9.55 Å². The first-order valence-electron chi connectivity index (χ1n) is 18.2. The third-order valence-electron chi connectivity index (χ3n) is 11.0. The summed E-state index contributed by atoms with van der Waals surface area (Å²) in [6, 6.07) is 58.4. The van der Waals surface area contributed by atoms with Crippen molar-refractivity contribution in [1.82, 2.24) is 19.5 Å². The van der Waals surface area contributed by atoms with Crippen LogP contribution in [0.2, 0.25) is 0 Å². The van der Waals surface area contributed by atoms with Crippen molar-refractivity contribution in [1.29, 1.82) is 0 Å². The molecule has 0 radical (unpaired) electrons. The summed E-state index contributed by atoms with van der Waals surface area (Å²) in [5, 5.41) is 12.0. The van der Waals surface area contributed by atoms with Crippen LogP contribution in [0.5, 0.6) is 0 Å². The van der Waals surface area contributed by atoms with Gasteiger partial charge >= 0.3 is 0 Å². The summed E-state index contributed by atoms with van der Waals surface area (Å²) in [5.41, 5.74) is 8.12. The Hall–Kier alpha value is -6.95. The summed E-state index contributed by atoms with van der Waals surface area (Å²) in [6.07, 6.45) is 1.88. The highest BCUT2D eigenvalue weighted by Gasteiger charge is 2.21. The fraction of sp³-hybridized carbons (Fsp3) is 0. The van der Waals surface area contributed by atoms with Gasteiger partial charge in [-0.1, -0.05) is 127 Å². The summed E-state index contributed by atoms with van der Waals surface area (Å²) >= 11 is 1.84. The van der Waals surface area contributed by atoms with E-state index in [-0.39, 0.29) is 0 Å². The SMILES string of the molecule is c1ccc(-c2nc(-n3c4cc(-c5nc6c7sc8ccccc8c7c7ccccc7c6c6ccccc56)ccc4c4ncccc43)cc3ccccc23)cc1. The van der Waals surface area contributed by atoms with Crippen molar-refractivity contribution in [3.63, 3.8) is 0 Å². The Bertz CT molecular complexity index is 3510. The molecular weight excluding hydrogens is 677 g/mol. The molecule has 0 amide bonds. The molecule has 0 fully saturated rings. The number of aromatic nitrogens is 4. The molecule has 0 bridgehead atoms. The number of rotatable bonds is 3. The maximum atomic E-state index is 5.67. The average molecular weight is 705 g/mol. The first-order chi connectivity index (χ1) is 26.8. The second kappa shape index (κ2) is 11.3. The Balaban J connectivity index is 1.19. The van der Waals surface area contributed by atoms with E-state index in [4.69, 9.17) is 15.0 Å². The third kappa shape index (κ3) is 4.15. The van der Waals surface area contributed by atoms with Crippen LogP contribution in [0, 0.1) is 0 Å². The topological polar surface area (TPSA) is 43.6 Å². The number of hydrogen-bond donors (Lipinski definition) is 0. The first kappa shape index (κ1) is 29.6. The van der Waals surface area contributed by atoms with Gasteiger partial charge in [-0.05, 0) is 57.9 Å². The van der Waals surface area contributed by atoms with E-state index in [1.165, 1.54) is 41.7 Å². The molecule has 0 spiro atoms. The number of fused-ring (bicyclic) bond motifs is 14.